The van der Waals surface area contributed by atoms with Gasteiger partial charge in [0.25, 0.3) is 5.91 Å². The summed E-state index contributed by atoms with van der Waals surface area (Å²) in [6.45, 7) is 1.43. The Labute approximate surface area is 166 Å². The molecule has 0 fully saturated rings. The highest BCUT2D eigenvalue weighted by molar-refractivity contribution is 5.92. The zero-order valence-electron chi connectivity index (χ0n) is 16.5. The van der Waals surface area contributed by atoms with Crippen molar-refractivity contribution < 1.29 is 9.53 Å². The molecular weight excluding hydrogens is 350 g/mol. The van der Waals surface area contributed by atoms with Gasteiger partial charge in [0.05, 0.1) is 6.20 Å². The van der Waals surface area contributed by atoms with Gasteiger partial charge in [0, 0.05) is 20.1 Å². The fourth-order valence-corrected chi connectivity index (χ4v) is 2.85. The highest BCUT2D eigenvalue weighted by Gasteiger charge is 2.14. The molecule has 0 aliphatic rings. The molecule has 1 aromatic heterocycles. The largest absolute Gasteiger partial charge is 0.456 e. The van der Waals surface area contributed by atoms with E-state index in [2.05, 4.69) is 34.1 Å². The minimum atomic E-state index is -0.122. The molecule has 0 saturated carbocycles. The van der Waals surface area contributed by atoms with Crippen molar-refractivity contribution in [2.75, 3.05) is 21.1 Å². The van der Waals surface area contributed by atoms with Gasteiger partial charge in [0.15, 0.2) is 0 Å². The van der Waals surface area contributed by atoms with Gasteiger partial charge in [-0.2, -0.15) is 0 Å². The van der Waals surface area contributed by atoms with E-state index in [1.807, 2.05) is 44.4 Å². The lowest BCUT2D eigenvalue weighted by Crippen LogP contribution is -2.27. The van der Waals surface area contributed by atoms with Crippen molar-refractivity contribution in [1.82, 2.24) is 14.8 Å². The van der Waals surface area contributed by atoms with Gasteiger partial charge in [0.1, 0.15) is 17.2 Å². The van der Waals surface area contributed by atoms with Crippen molar-refractivity contribution in [3.05, 3.63) is 89.7 Å². The van der Waals surface area contributed by atoms with Crippen molar-refractivity contribution >= 4 is 5.91 Å². The van der Waals surface area contributed by atoms with E-state index in [1.54, 1.807) is 30.3 Å². The Morgan fingerprint density at radius 1 is 0.821 bits per heavy atom. The summed E-state index contributed by atoms with van der Waals surface area (Å²) in [6.07, 6.45) is 1.57. The highest BCUT2D eigenvalue weighted by Crippen LogP contribution is 2.20. The van der Waals surface area contributed by atoms with Crippen LogP contribution >= 0.6 is 0 Å². The zero-order chi connectivity index (χ0) is 19.9. The molecule has 0 atom stereocenters. The fourth-order valence-electron chi connectivity index (χ4n) is 2.85. The van der Waals surface area contributed by atoms with Crippen LogP contribution in [0.15, 0.2) is 72.9 Å². The van der Waals surface area contributed by atoms with E-state index in [1.165, 1.54) is 5.56 Å². The molecule has 0 spiro atoms. The molecule has 0 unspecified atom stereocenters. The number of hydrogen-bond acceptors (Lipinski definition) is 4. The number of carbonyl (C=O) groups excluding carboxylic acids is 1. The average Bonchev–Trinajstić information content (AvgIpc) is 2.70. The average molecular weight is 375 g/mol. The molecule has 0 bridgehead atoms. The summed E-state index contributed by atoms with van der Waals surface area (Å²) >= 11 is 0. The van der Waals surface area contributed by atoms with Crippen LogP contribution < -0.4 is 4.74 Å². The third-order valence-corrected chi connectivity index (χ3v) is 4.22. The maximum absolute atomic E-state index is 12.6. The first kappa shape index (κ1) is 19.6. The summed E-state index contributed by atoms with van der Waals surface area (Å²) in [5, 5.41) is 0. The van der Waals surface area contributed by atoms with E-state index in [-0.39, 0.29) is 5.91 Å². The molecule has 5 nitrogen and oxygen atoms in total. The molecular formula is C23H25N3O2. The van der Waals surface area contributed by atoms with E-state index >= 15 is 0 Å². The molecule has 0 saturated heterocycles. The summed E-state index contributed by atoms with van der Waals surface area (Å²) in [6, 6.07) is 21.3. The molecule has 2 aromatic carbocycles. The fraction of sp³-hybridized carbons (Fsp3) is 0.217. The van der Waals surface area contributed by atoms with Gasteiger partial charge in [-0.3, -0.25) is 4.79 Å². The van der Waals surface area contributed by atoms with Crippen molar-refractivity contribution in [2.45, 2.75) is 13.1 Å². The van der Waals surface area contributed by atoms with E-state index in [4.69, 9.17) is 4.74 Å². The molecule has 5 heteroatoms. The zero-order valence-corrected chi connectivity index (χ0v) is 16.5. The van der Waals surface area contributed by atoms with E-state index in [0.717, 1.165) is 17.9 Å². The quantitative estimate of drug-likeness (QED) is 0.621. The smallest absolute Gasteiger partial charge is 0.272 e. The number of rotatable bonds is 7. The van der Waals surface area contributed by atoms with Crippen LogP contribution in [0.25, 0.3) is 0 Å². The van der Waals surface area contributed by atoms with Crippen molar-refractivity contribution in [3.8, 4) is 11.5 Å². The second kappa shape index (κ2) is 9.15. The van der Waals surface area contributed by atoms with Crippen molar-refractivity contribution in [1.29, 1.82) is 0 Å². The Morgan fingerprint density at radius 3 is 2.04 bits per heavy atom. The van der Waals surface area contributed by atoms with Crippen LogP contribution in [-0.2, 0) is 13.1 Å². The van der Waals surface area contributed by atoms with Crippen LogP contribution in [-0.4, -0.2) is 41.8 Å². The minimum absolute atomic E-state index is 0.122. The summed E-state index contributed by atoms with van der Waals surface area (Å²) in [7, 11) is 5.87. The second-order valence-corrected chi connectivity index (χ2v) is 7.01. The Balaban J connectivity index is 1.59. The van der Waals surface area contributed by atoms with E-state index < -0.39 is 0 Å². The number of carbonyl (C=O) groups is 1. The molecule has 0 aliphatic carbocycles. The highest BCUT2D eigenvalue weighted by atomic mass is 16.5. The SMILES string of the molecule is CN(C)Cc1ccc(CN(C)C(=O)c2ccc(Oc3ccccc3)cn2)cc1. The third kappa shape index (κ3) is 5.41. The van der Waals surface area contributed by atoms with Crippen LogP contribution in [0, 0.1) is 0 Å². The normalized spacial score (nSPS) is 10.7. The van der Waals surface area contributed by atoms with Gasteiger partial charge < -0.3 is 14.5 Å². The van der Waals surface area contributed by atoms with Gasteiger partial charge in [-0.15, -0.1) is 0 Å². The maximum atomic E-state index is 12.6. The molecule has 1 heterocycles. The summed E-state index contributed by atoms with van der Waals surface area (Å²) in [5.41, 5.74) is 2.73. The van der Waals surface area contributed by atoms with E-state index in [9.17, 15) is 4.79 Å². The van der Waals surface area contributed by atoms with Gasteiger partial charge in [-0.1, -0.05) is 42.5 Å². The molecule has 0 aliphatic heterocycles. The summed E-state index contributed by atoms with van der Waals surface area (Å²) in [4.78, 5) is 20.7. The number of aromatic nitrogens is 1. The number of ether oxygens (including phenoxy) is 1. The number of amides is 1. The molecule has 144 valence electrons. The maximum Gasteiger partial charge on any atom is 0.272 e. The summed E-state index contributed by atoms with van der Waals surface area (Å²) < 4.78 is 5.72. The van der Waals surface area contributed by atoms with Crippen molar-refractivity contribution in [2.24, 2.45) is 0 Å². The number of nitrogens with zero attached hydrogens (tertiary/aromatic N) is 3. The lowest BCUT2D eigenvalue weighted by Gasteiger charge is -2.17. The number of pyridine rings is 1. The Morgan fingerprint density at radius 2 is 1.46 bits per heavy atom. The van der Waals surface area contributed by atoms with E-state index in [0.29, 0.717) is 18.0 Å². The Hall–Kier alpha value is -3.18. The molecule has 0 N–H and O–H groups in total. The minimum Gasteiger partial charge on any atom is -0.456 e. The standard InChI is InChI=1S/C23H25N3O2/c1-25(2)16-18-9-11-19(12-10-18)17-26(3)23(27)22-14-13-21(15-24-22)28-20-7-5-4-6-8-20/h4-15H,16-17H2,1-3H3. The Kier molecular flexibility index (Phi) is 6.40. The van der Waals surface area contributed by atoms with Crippen LogP contribution in [0.2, 0.25) is 0 Å². The molecule has 28 heavy (non-hydrogen) atoms. The number of hydrogen-bond donors (Lipinski definition) is 0. The topological polar surface area (TPSA) is 45.7 Å². The predicted octanol–water partition coefficient (Wildman–Crippen LogP) is 4.21. The summed E-state index contributed by atoms with van der Waals surface area (Å²) in [5.74, 6) is 1.21. The first-order valence-electron chi connectivity index (χ1n) is 9.18. The van der Waals surface area contributed by atoms with Crippen LogP contribution in [0.3, 0.4) is 0 Å². The monoisotopic (exact) mass is 375 g/mol. The first-order valence-corrected chi connectivity index (χ1v) is 9.18. The second-order valence-electron chi connectivity index (χ2n) is 7.01. The Bertz CT molecular complexity index is 891. The lowest BCUT2D eigenvalue weighted by atomic mass is 10.1. The van der Waals surface area contributed by atoms with Crippen molar-refractivity contribution in [3.63, 3.8) is 0 Å². The van der Waals surface area contributed by atoms with Crippen LogP contribution in [0.4, 0.5) is 0 Å². The van der Waals surface area contributed by atoms with Gasteiger partial charge in [-0.25, -0.2) is 4.98 Å². The lowest BCUT2D eigenvalue weighted by molar-refractivity contribution is 0.0779. The molecule has 3 rings (SSSR count). The third-order valence-electron chi connectivity index (χ3n) is 4.22. The predicted molar refractivity (Wildman–Crippen MR) is 110 cm³/mol. The molecule has 0 radical (unpaired) electrons. The van der Waals surface area contributed by atoms with Gasteiger partial charge >= 0.3 is 0 Å². The number of benzene rings is 2. The van der Waals surface area contributed by atoms with Gasteiger partial charge in [0.2, 0.25) is 0 Å². The molecule has 1 amide bonds. The van der Waals surface area contributed by atoms with Crippen LogP contribution in [0.5, 0.6) is 11.5 Å². The van der Waals surface area contributed by atoms with Gasteiger partial charge in [-0.05, 0) is 49.5 Å². The number of para-hydroxylation sites is 1. The first-order chi connectivity index (χ1) is 13.5. The van der Waals surface area contributed by atoms with Crippen LogP contribution in [0.1, 0.15) is 21.6 Å². The molecule has 3 aromatic rings.